The lowest BCUT2D eigenvalue weighted by molar-refractivity contribution is -0.144. The number of hydrogen-bond donors (Lipinski definition) is 1. The van der Waals surface area contributed by atoms with Gasteiger partial charge in [-0.2, -0.15) is 5.48 Å². The molecular formula is C17H19Cl2NO5. The van der Waals surface area contributed by atoms with E-state index in [1.807, 2.05) is 0 Å². The van der Waals surface area contributed by atoms with Crippen molar-refractivity contribution in [2.24, 2.45) is 5.92 Å². The molecule has 1 aliphatic rings. The van der Waals surface area contributed by atoms with E-state index in [9.17, 15) is 9.59 Å². The summed E-state index contributed by atoms with van der Waals surface area (Å²) in [6, 6.07) is 5.21. The van der Waals surface area contributed by atoms with E-state index in [1.54, 1.807) is 18.2 Å². The molecule has 8 heteroatoms. The van der Waals surface area contributed by atoms with Crippen molar-refractivity contribution in [1.82, 2.24) is 5.48 Å². The zero-order chi connectivity index (χ0) is 18.2. The maximum absolute atomic E-state index is 11.6. The molecule has 0 radical (unpaired) electrons. The van der Waals surface area contributed by atoms with Crippen LogP contribution < -0.4 is 10.2 Å². The number of hydroxylamine groups is 1. The molecule has 1 fully saturated rings. The molecule has 0 spiro atoms. The van der Waals surface area contributed by atoms with Gasteiger partial charge in [0.1, 0.15) is 16.9 Å². The van der Waals surface area contributed by atoms with Crippen molar-refractivity contribution in [3.8, 4) is 5.75 Å². The first-order valence-electron chi connectivity index (χ1n) is 7.84. The molecule has 136 valence electrons. The number of ether oxygens (including phenoxy) is 2. The van der Waals surface area contributed by atoms with E-state index in [-0.39, 0.29) is 12.7 Å². The highest BCUT2D eigenvalue weighted by atomic mass is 35.5. The highest BCUT2D eigenvalue weighted by Gasteiger charge is 2.33. The lowest BCUT2D eigenvalue weighted by atomic mass is 10.1. The SMILES string of the molecule is CNOC(=O)/C=C/C(=O)OCCC(Oc1cccc(Cl)c1Cl)C1CC1. The Morgan fingerprint density at radius 2 is 2.00 bits per heavy atom. The highest BCUT2D eigenvalue weighted by Crippen LogP contribution is 2.39. The van der Waals surface area contributed by atoms with Gasteiger partial charge in [-0.25, -0.2) is 9.59 Å². The van der Waals surface area contributed by atoms with Gasteiger partial charge in [-0.05, 0) is 30.9 Å². The van der Waals surface area contributed by atoms with Gasteiger partial charge in [0, 0.05) is 25.6 Å². The van der Waals surface area contributed by atoms with Gasteiger partial charge in [0.2, 0.25) is 0 Å². The van der Waals surface area contributed by atoms with Crippen molar-refractivity contribution < 1.29 is 23.9 Å². The number of esters is 1. The van der Waals surface area contributed by atoms with Crippen LogP contribution in [0.4, 0.5) is 0 Å². The topological polar surface area (TPSA) is 73.9 Å². The number of carbonyl (C=O) groups excluding carboxylic acids is 2. The summed E-state index contributed by atoms with van der Waals surface area (Å²) >= 11 is 12.1. The van der Waals surface area contributed by atoms with E-state index >= 15 is 0 Å². The minimum Gasteiger partial charge on any atom is -0.488 e. The maximum Gasteiger partial charge on any atom is 0.349 e. The summed E-state index contributed by atoms with van der Waals surface area (Å²) in [5.74, 6) is -0.375. The lowest BCUT2D eigenvalue weighted by Gasteiger charge is -2.19. The fourth-order valence-corrected chi connectivity index (χ4v) is 2.53. The molecule has 0 heterocycles. The molecule has 25 heavy (non-hydrogen) atoms. The number of rotatable bonds is 9. The van der Waals surface area contributed by atoms with Crippen LogP contribution in [0.3, 0.4) is 0 Å². The minimum absolute atomic E-state index is 0.109. The molecule has 1 N–H and O–H groups in total. The Bertz CT molecular complexity index is 646. The van der Waals surface area contributed by atoms with Crippen molar-refractivity contribution in [1.29, 1.82) is 0 Å². The Hall–Kier alpha value is -1.76. The van der Waals surface area contributed by atoms with E-state index < -0.39 is 11.9 Å². The first-order valence-corrected chi connectivity index (χ1v) is 8.60. The molecule has 1 aromatic carbocycles. The van der Waals surface area contributed by atoms with Crippen LogP contribution in [0, 0.1) is 5.92 Å². The summed E-state index contributed by atoms with van der Waals surface area (Å²) in [5, 5.41) is 0.802. The van der Waals surface area contributed by atoms with E-state index in [0.29, 0.717) is 28.1 Å². The van der Waals surface area contributed by atoms with Crippen LogP contribution in [0.2, 0.25) is 10.0 Å². The third-order valence-electron chi connectivity index (χ3n) is 3.55. The van der Waals surface area contributed by atoms with Gasteiger partial charge in [0.05, 0.1) is 11.6 Å². The maximum atomic E-state index is 11.6. The van der Waals surface area contributed by atoms with Crippen LogP contribution in [0.5, 0.6) is 5.75 Å². The van der Waals surface area contributed by atoms with Gasteiger partial charge >= 0.3 is 11.9 Å². The third-order valence-corrected chi connectivity index (χ3v) is 4.35. The van der Waals surface area contributed by atoms with Gasteiger partial charge in [-0.3, -0.25) is 0 Å². The Morgan fingerprint density at radius 1 is 1.28 bits per heavy atom. The highest BCUT2D eigenvalue weighted by molar-refractivity contribution is 6.42. The van der Waals surface area contributed by atoms with Crippen LogP contribution in [-0.2, 0) is 19.2 Å². The summed E-state index contributed by atoms with van der Waals surface area (Å²) in [4.78, 5) is 27.1. The van der Waals surface area contributed by atoms with Gasteiger partial charge in [-0.15, -0.1) is 0 Å². The Balaban J connectivity index is 1.81. The average Bonchev–Trinajstić information content (AvgIpc) is 3.41. The quantitative estimate of drug-likeness (QED) is 0.398. The Kier molecular flexibility index (Phi) is 7.55. The van der Waals surface area contributed by atoms with E-state index in [1.165, 1.54) is 7.05 Å². The number of benzene rings is 1. The van der Waals surface area contributed by atoms with Crippen molar-refractivity contribution in [3.63, 3.8) is 0 Å². The fraction of sp³-hybridized carbons (Fsp3) is 0.412. The molecule has 1 aromatic rings. The second-order valence-corrected chi connectivity index (χ2v) is 6.25. The van der Waals surface area contributed by atoms with Crippen LogP contribution in [0.15, 0.2) is 30.4 Å². The van der Waals surface area contributed by atoms with Gasteiger partial charge in [-0.1, -0.05) is 29.3 Å². The van der Waals surface area contributed by atoms with Crippen molar-refractivity contribution in [3.05, 3.63) is 40.4 Å². The van der Waals surface area contributed by atoms with Gasteiger partial charge in [0.15, 0.2) is 0 Å². The lowest BCUT2D eigenvalue weighted by Crippen LogP contribution is -2.22. The minimum atomic E-state index is -0.686. The van der Waals surface area contributed by atoms with Gasteiger partial charge in [0.25, 0.3) is 0 Å². The monoisotopic (exact) mass is 387 g/mol. The average molecular weight is 388 g/mol. The summed E-state index contributed by atoms with van der Waals surface area (Å²) < 4.78 is 11.0. The fourth-order valence-electron chi connectivity index (χ4n) is 2.19. The molecule has 6 nitrogen and oxygen atoms in total. The third kappa shape index (κ3) is 6.57. The molecule has 1 atom stereocenters. The summed E-state index contributed by atoms with van der Waals surface area (Å²) in [6.07, 6.45) is 4.54. The molecule has 0 bridgehead atoms. The second-order valence-electron chi connectivity index (χ2n) is 5.46. The van der Waals surface area contributed by atoms with Gasteiger partial charge < -0.3 is 14.3 Å². The van der Waals surface area contributed by atoms with Crippen LogP contribution in [0.25, 0.3) is 0 Å². The molecular weight excluding hydrogens is 369 g/mol. The molecule has 0 saturated heterocycles. The summed E-state index contributed by atoms with van der Waals surface area (Å²) in [6.45, 7) is 0.170. The summed E-state index contributed by atoms with van der Waals surface area (Å²) in [7, 11) is 1.44. The van der Waals surface area contributed by atoms with Crippen LogP contribution in [0.1, 0.15) is 19.3 Å². The van der Waals surface area contributed by atoms with Crippen molar-refractivity contribution in [2.75, 3.05) is 13.7 Å². The Labute approximate surface area is 156 Å². The molecule has 2 rings (SSSR count). The number of halogens is 2. The first kappa shape index (κ1) is 19.6. The first-order chi connectivity index (χ1) is 12.0. The van der Waals surface area contributed by atoms with E-state index in [4.69, 9.17) is 32.7 Å². The molecule has 0 amide bonds. The van der Waals surface area contributed by atoms with E-state index in [0.717, 1.165) is 25.0 Å². The van der Waals surface area contributed by atoms with E-state index in [2.05, 4.69) is 10.3 Å². The number of nitrogens with one attached hydrogen (secondary N) is 1. The molecule has 1 saturated carbocycles. The van der Waals surface area contributed by atoms with Crippen molar-refractivity contribution >= 4 is 35.1 Å². The standard InChI is InChI=1S/C17H19Cl2NO5/c1-20-25-16(22)8-7-15(21)23-10-9-13(11-5-6-11)24-14-4-2-3-12(18)17(14)19/h2-4,7-8,11,13,20H,5-6,9-10H2,1H3/b8-7+. The molecule has 0 aromatic heterocycles. The normalized spacial score (nSPS) is 15.0. The molecule has 0 aliphatic heterocycles. The molecule has 1 unspecified atom stereocenters. The predicted molar refractivity (Wildman–Crippen MR) is 93.5 cm³/mol. The smallest absolute Gasteiger partial charge is 0.349 e. The van der Waals surface area contributed by atoms with Crippen molar-refractivity contribution in [2.45, 2.75) is 25.4 Å². The number of hydrogen-bond acceptors (Lipinski definition) is 6. The number of carbonyl (C=O) groups is 2. The molecule has 1 aliphatic carbocycles. The largest absolute Gasteiger partial charge is 0.488 e. The van der Waals surface area contributed by atoms with Crippen LogP contribution >= 0.6 is 23.2 Å². The zero-order valence-corrected chi connectivity index (χ0v) is 15.2. The zero-order valence-electron chi connectivity index (χ0n) is 13.7. The summed E-state index contributed by atoms with van der Waals surface area (Å²) in [5.41, 5.74) is 2.21. The predicted octanol–water partition coefficient (Wildman–Crippen LogP) is 3.32. The van der Waals surface area contributed by atoms with Crippen LogP contribution in [-0.4, -0.2) is 31.7 Å². The Morgan fingerprint density at radius 3 is 2.68 bits per heavy atom. The second kappa shape index (κ2) is 9.65.